The second-order valence-electron chi connectivity index (χ2n) is 10.5. The first-order valence-electron chi connectivity index (χ1n) is 13.2. The van der Waals surface area contributed by atoms with E-state index in [1.165, 1.54) is 10.6 Å². The van der Waals surface area contributed by atoms with Crippen LogP contribution in [0.1, 0.15) is 34.7 Å². The van der Waals surface area contributed by atoms with Crippen molar-refractivity contribution in [1.29, 1.82) is 0 Å². The van der Waals surface area contributed by atoms with E-state index in [2.05, 4.69) is 0 Å². The summed E-state index contributed by atoms with van der Waals surface area (Å²) in [7, 11) is 0. The molecule has 2 aromatic carbocycles. The van der Waals surface area contributed by atoms with E-state index in [4.69, 9.17) is 9.15 Å². The molecule has 0 spiro atoms. The van der Waals surface area contributed by atoms with Gasteiger partial charge in [-0.15, -0.1) is 0 Å². The van der Waals surface area contributed by atoms with Crippen LogP contribution in [0.15, 0.2) is 74.7 Å². The molecule has 1 amide bonds. The van der Waals surface area contributed by atoms with E-state index in [0.717, 1.165) is 28.6 Å². The molecule has 0 radical (unpaired) electrons. The highest BCUT2D eigenvalue weighted by Gasteiger charge is 2.36. The van der Waals surface area contributed by atoms with Gasteiger partial charge in [0.15, 0.2) is 6.61 Å². The van der Waals surface area contributed by atoms with E-state index in [1.807, 2.05) is 43.3 Å². The first-order valence-corrected chi connectivity index (χ1v) is 13.2. The van der Waals surface area contributed by atoms with E-state index >= 15 is 0 Å². The summed E-state index contributed by atoms with van der Waals surface area (Å²) in [5, 5.41) is 20.9. The number of benzene rings is 2. The summed E-state index contributed by atoms with van der Waals surface area (Å²) in [5.41, 5.74) is 2.39. The zero-order chi connectivity index (χ0) is 28.0. The summed E-state index contributed by atoms with van der Waals surface area (Å²) in [6.45, 7) is 2.98. The molecule has 1 N–H and O–H groups in total. The van der Waals surface area contributed by atoms with Gasteiger partial charge in [0.2, 0.25) is 0 Å². The molecule has 206 valence electrons. The fourth-order valence-corrected chi connectivity index (χ4v) is 5.99. The number of rotatable bonds is 6. The van der Waals surface area contributed by atoms with Gasteiger partial charge in [-0.1, -0.05) is 30.3 Å². The molecule has 2 aromatic heterocycles. The molecule has 2 unspecified atom stereocenters. The maximum Gasteiger partial charge on any atom is 0.340 e. The van der Waals surface area contributed by atoms with E-state index in [9.17, 15) is 24.8 Å². The number of ether oxygens (including phenoxy) is 1. The zero-order valence-electron chi connectivity index (χ0n) is 21.9. The lowest BCUT2D eigenvalue weighted by Gasteiger charge is -2.43. The number of aromatic nitrogens is 1. The maximum atomic E-state index is 13.1. The third kappa shape index (κ3) is 4.76. The van der Waals surface area contributed by atoms with Gasteiger partial charge in [0.05, 0.1) is 0 Å². The number of likely N-dealkylation sites (tertiary alicyclic amines) is 1. The van der Waals surface area contributed by atoms with Crippen LogP contribution in [-0.4, -0.2) is 40.3 Å². The van der Waals surface area contributed by atoms with Gasteiger partial charge in [-0.2, -0.15) is 0 Å². The zero-order valence-corrected chi connectivity index (χ0v) is 21.9. The number of pyridine rings is 1. The van der Waals surface area contributed by atoms with Gasteiger partial charge in [0, 0.05) is 54.7 Å². The second kappa shape index (κ2) is 10.3. The van der Waals surface area contributed by atoms with Gasteiger partial charge in [-0.3, -0.25) is 14.8 Å². The number of hydrogen-bond acceptors (Lipinski definition) is 8. The molecule has 6 rings (SSSR count). The molecule has 4 heterocycles. The van der Waals surface area contributed by atoms with Crippen molar-refractivity contribution in [3.8, 4) is 5.75 Å². The van der Waals surface area contributed by atoms with E-state index < -0.39 is 16.4 Å². The van der Waals surface area contributed by atoms with Crippen molar-refractivity contribution in [3.05, 3.63) is 109 Å². The Kier molecular flexibility index (Phi) is 6.65. The van der Waals surface area contributed by atoms with Crippen molar-refractivity contribution in [1.82, 2.24) is 9.47 Å². The van der Waals surface area contributed by atoms with Gasteiger partial charge in [0.1, 0.15) is 17.0 Å². The van der Waals surface area contributed by atoms with Crippen LogP contribution in [0.3, 0.4) is 0 Å². The van der Waals surface area contributed by atoms with Crippen LogP contribution in [0.2, 0.25) is 0 Å². The molecule has 2 atom stereocenters. The van der Waals surface area contributed by atoms with Crippen molar-refractivity contribution in [2.24, 2.45) is 5.92 Å². The molecule has 1 fully saturated rings. The highest BCUT2D eigenvalue weighted by Crippen LogP contribution is 2.35. The SMILES string of the molecule is Cc1c(Cc2ccccc2)c(=O)oc2cc(OCC(=O)N3CC4CC(C3)c3ccc(N([O-])O)c(=O)n3C4)ccc12. The van der Waals surface area contributed by atoms with Gasteiger partial charge in [-0.05, 0) is 54.7 Å². The molecule has 0 saturated carbocycles. The van der Waals surface area contributed by atoms with Crippen molar-refractivity contribution >= 4 is 22.6 Å². The van der Waals surface area contributed by atoms with Gasteiger partial charge >= 0.3 is 5.63 Å². The molecule has 10 heteroatoms. The van der Waals surface area contributed by atoms with Crippen molar-refractivity contribution in [3.63, 3.8) is 0 Å². The van der Waals surface area contributed by atoms with Crippen molar-refractivity contribution < 1.29 is 19.2 Å². The number of piperidine rings is 1. The highest BCUT2D eigenvalue weighted by atomic mass is 16.8. The molecule has 10 nitrogen and oxygen atoms in total. The minimum Gasteiger partial charge on any atom is -0.733 e. The van der Waals surface area contributed by atoms with Crippen LogP contribution in [0, 0.1) is 18.0 Å². The predicted molar refractivity (Wildman–Crippen MR) is 148 cm³/mol. The molecular weight excluding hydrogens is 514 g/mol. The van der Waals surface area contributed by atoms with Gasteiger partial charge < -0.3 is 29.1 Å². The summed E-state index contributed by atoms with van der Waals surface area (Å²) in [6, 6.07) is 18.0. The number of hydrogen-bond donors (Lipinski definition) is 1. The van der Waals surface area contributed by atoms with Gasteiger partial charge in [-0.25, -0.2) is 4.79 Å². The topological polar surface area (TPSA) is 128 Å². The average Bonchev–Trinajstić information content (AvgIpc) is 2.94. The molecule has 4 aromatic rings. The standard InChI is InChI=1S/C30H28N3O7/c1-18-23-8-7-22(13-27(23)40-30(36)24(18)12-19-5-3-2-4-6-19)39-17-28(34)31-14-20-11-21(16-31)25-9-10-26(33(37)38)29(35)32(25)15-20/h2-10,13,20-21,37H,11-12,14-17H2,1H3/q-1. The predicted octanol–water partition coefficient (Wildman–Crippen LogP) is 3.57. The monoisotopic (exact) mass is 542 g/mol. The minimum absolute atomic E-state index is 0.0462. The molecule has 0 aliphatic carbocycles. The van der Waals surface area contributed by atoms with Crippen LogP contribution >= 0.6 is 0 Å². The molecule has 2 bridgehead atoms. The fourth-order valence-electron chi connectivity index (χ4n) is 5.99. The number of fused-ring (bicyclic) bond motifs is 5. The van der Waals surface area contributed by atoms with Crippen molar-refractivity contribution in [2.75, 3.05) is 24.9 Å². The fraction of sp³-hybridized carbons (Fsp3) is 0.300. The Bertz CT molecular complexity index is 1710. The second-order valence-corrected chi connectivity index (χ2v) is 10.5. The quantitative estimate of drug-likeness (QED) is 0.289. The molecule has 2 aliphatic heterocycles. The number of anilines is 1. The Morgan fingerprint density at radius 2 is 1.90 bits per heavy atom. The third-order valence-electron chi connectivity index (χ3n) is 7.99. The lowest BCUT2D eigenvalue weighted by molar-refractivity contribution is -0.136. The summed E-state index contributed by atoms with van der Waals surface area (Å²) in [4.78, 5) is 40.2. The Balaban J connectivity index is 1.15. The summed E-state index contributed by atoms with van der Waals surface area (Å²) >= 11 is 0. The lowest BCUT2D eigenvalue weighted by atomic mass is 9.83. The van der Waals surface area contributed by atoms with E-state index in [1.54, 1.807) is 23.1 Å². The lowest BCUT2D eigenvalue weighted by Crippen LogP contribution is -2.50. The van der Waals surface area contributed by atoms with Crippen LogP contribution in [0.25, 0.3) is 11.0 Å². The maximum absolute atomic E-state index is 13.1. The number of carbonyl (C=O) groups is 1. The highest BCUT2D eigenvalue weighted by molar-refractivity contribution is 5.83. The summed E-state index contributed by atoms with van der Waals surface area (Å²) < 4.78 is 13.0. The first kappa shape index (κ1) is 25.8. The first-order chi connectivity index (χ1) is 19.3. The van der Waals surface area contributed by atoms with Crippen LogP contribution < -0.4 is 21.1 Å². The Morgan fingerprint density at radius 3 is 2.67 bits per heavy atom. The Labute approximate surface area is 229 Å². The minimum atomic E-state index is -0.529. The summed E-state index contributed by atoms with van der Waals surface area (Å²) in [5.74, 6) is 0.233. The summed E-state index contributed by atoms with van der Waals surface area (Å²) in [6.07, 6.45) is 1.31. The molecule has 1 saturated heterocycles. The number of aryl methyl sites for hydroxylation is 1. The van der Waals surface area contributed by atoms with E-state index in [-0.39, 0.29) is 30.0 Å². The molecular formula is C30H28N3O7-. The Morgan fingerprint density at radius 1 is 1.10 bits per heavy atom. The smallest absolute Gasteiger partial charge is 0.340 e. The Hall–Kier alpha value is -4.41. The van der Waals surface area contributed by atoms with Gasteiger partial charge in [0.25, 0.3) is 11.5 Å². The normalized spacial score (nSPS) is 17.9. The molecule has 2 aliphatic rings. The van der Waals surface area contributed by atoms with E-state index in [0.29, 0.717) is 43.0 Å². The average molecular weight is 543 g/mol. The van der Waals surface area contributed by atoms with Crippen LogP contribution in [-0.2, 0) is 17.8 Å². The number of nitrogens with zero attached hydrogens (tertiary/aromatic N) is 3. The molecule has 40 heavy (non-hydrogen) atoms. The van der Waals surface area contributed by atoms with Crippen molar-refractivity contribution in [2.45, 2.75) is 32.2 Å². The van der Waals surface area contributed by atoms with Crippen LogP contribution in [0.5, 0.6) is 5.75 Å². The largest absolute Gasteiger partial charge is 0.733 e. The van der Waals surface area contributed by atoms with Crippen LogP contribution in [0.4, 0.5) is 5.69 Å². The number of amides is 1. The number of carbonyl (C=O) groups excluding carboxylic acids is 1. The third-order valence-corrected chi connectivity index (χ3v) is 7.99.